The van der Waals surface area contributed by atoms with Gasteiger partial charge in [0, 0.05) is 24.2 Å². The first-order chi connectivity index (χ1) is 27.4. The van der Waals surface area contributed by atoms with Gasteiger partial charge in [0.05, 0.1) is 32.7 Å². The number of nitrogens with two attached hydrogens (primary N) is 2. The highest BCUT2D eigenvalue weighted by molar-refractivity contribution is 5.86. The average molecular weight is 780 g/mol. The molecule has 2 aromatic carbocycles. The van der Waals surface area contributed by atoms with Gasteiger partial charge < -0.3 is 35.1 Å². The van der Waals surface area contributed by atoms with Gasteiger partial charge in [0.15, 0.2) is 33.8 Å². The number of alkyl carbamates (subject to hydrolysis) is 1. The van der Waals surface area contributed by atoms with E-state index >= 15 is 0 Å². The quantitative estimate of drug-likeness (QED) is 0.163. The molecule has 0 saturated carbocycles. The third-order valence-corrected chi connectivity index (χ3v) is 8.19. The molecule has 0 bridgehead atoms. The Morgan fingerprint density at radius 1 is 0.772 bits per heavy atom. The average Bonchev–Trinajstić information content (AvgIpc) is 4.01. The van der Waals surface area contributed by atoms with Gasteiger partial charge in [0.1, 0.15) is 34.4 Å². The molecule has 0 aliphatic heterocycles. The van der Waals surface area contributed by atoms with Crippen LogP contribution in [0.4, 0.5) is 25.5 Å². The first-order valence-electron chi connectivity index (χ1n) is 17.2. The number of rotatable bonds is 9. The van der Waals surface area contributed by atoms with Crippen LogP contribution in [0.5, 0.6) is 5.75 Å². The van der Waals surface area contributed by atoms with Gasteiger partial charge in [-0.1, -0.05) is 34.7 Å². The van der Waals surface area contributed by atoms with Gasteiger partial charge in [0.2, 0.25) is 11.9 Å². The summed E-state index contributed by atoms with van der Waals surface area (Å²) in [5.74, 6) is -0.423. The third-order valence-electron chi connectivity index (χ3n) is 8.19. The van der Waals surface area contributed by atoms with Crippen molar-refractivity contribution in [3.8, 4) is 28.7 Å². The van der Waals surface area contributed by atoms with Crippen molar-refractivity contribution in [1.82, 2.24) is 55.2 Å². The number of nitrogens with one attached hydrogen (secondary N) is 1. The van der Waals surface area contributed by atoms with E-state index in [0.717, 1.165) is 23.3 Å². The van der Waals surface area contributed by atoms with E-state index in [1.165, 1.54) is 18.1 Å². The minimum atomic E-state index is -0.765. The van der Waals surface area contributed by atoms with Crippen molar-refractivity contribution in [2.45, 2.75) is 46.0 Å². The van der Waals surface area contributed by atoms with Gasteiger partial charge in [-0.2, -0.15) is 9.97 Å². The Bertz CT molecular complexity index is 2650. The molecule has 0 atom stereocenters. The topological polar surface area (TPSA) is 239 Å². The van der Waals surface area contributed by atoms with E-state index < -0.39 is 23.3 Å². The number of ether oxygens (including phenoxy) is 2. The number of carbonyl (C=O) groups is 1. The number of benzene rings is 2. The van der Waals surface area contributed by atoms with Gasteiger partial charge in [0.25, 0.3) is 0 Å². The first-order valence-corrected chi connectivity index (χ1v) is 17.2. The highest BCUT2D eigenvalue weighted by Crippen LogP contribution is 2.28. The number of aromatic nitrogens is 10. The molecule has 6 heterocycles. The van der Waals surface area contributed by atoms with E-state index in [-0.39, 0.29) is 35.4 Å². The lowest BCUT2D eigenvalue weighted by Crippen LogP contribution is -2.32. The molecule has 0 aliphatic carbocycles. The highest BCUT2D eigenvalue weighted by atomic mass is 19.1. The van der Waals surface area contributed by atoms with Crippen LogP contribution in [0, 0.1) is 11.6 Å². The van der Waals surface area contributed by atoms with Crippen LogP contribution in [-0.2, 0) is 24.4 Å². The number of nitrogens with zero attached hydrogens (tertiary/aromatic N) is 10. The SMILES string of the molecule is CC(C)(C)OC(=O)NCc1ccccc1Cn1nnc2c(-c3ccco3)nc(N)nc21.COc1cc(F)c(Cn2nnc3c(-c4ccco4)nc(N)nc32)c(F)c1. The van der Waals surface area contributed by atoms with Crippen LogP contribution in [0.1, 0.15) is 37.5 Å². The molecule has 8 rings (SSSR count). The zero-order valence-electron chi connectivity index (χ0n) is 31.0. The van der Waals surface area contributed by atoms with Crippen LogP contribution in [-0.4, -0.2) is 68.7 Å². The maximum Gasteiger partial charge on any atom is 0.407 e. The fourth-order valence-electron chi connectivity index (χ4n) is 5.65. The zero-order chi connectivity index (χ0) is 40.3. The Morgan fingerprint density at radius 2 is 1.30 bits per heavy atom. The fraction of sp³-hybridized carbons (Fsp3) is 0.216. The molecule has 8 aromatic rings. The van der Waals surface area contributed by atoms with Gasteiger partial charge in [-0.25, -0.2) is 32.9 Å². The van der Waals surface area contributed by atoms with Crippen molar-refractivity contribution < 1.29 is 31.9 Å². The molecule has 0 unspecified atom stereocenters. The summed E-state index contributed by atoms with van der Waals surface area (Å²) in [7, 11) is 1.33. The molecular formula is C37H35F2N13O5. The van der Waals surface area contributed by atoms with E-state index in [0.29, 0.717) is 52.7 Å². The van der Waals surface area contributed by atoms with Crippen LogP contribution < -0.4 is 21.5 Å². The third kappa shape index (κ3) is 8.43. The molecule has 0 saturated heterocycles. The molecule has 6 aromatic heterocycles. The highest BCUT2D eigenvalue weighted by Gasteiger charge is 2.21. The smallest absolute Gasteiger partial charge is 0.407 e. The number of hydrogen-bond donors (Lipinski definition) is 3. The van der Waals surface area contributed by atoms with E-state index in [9.17, 15) is 13.6 Å². The number of furan rings is 2. The normalized spacial score (nSPS) is 11.4. The number of halogens is 2. The summed E-state index contributed by atoms with van der Waals surface area (Å²) >= 11 is 0. The van der Waals surface area contributed by atoms with Gasteiger partial charge in [-0.05, 0) is 56.2 Å². The van der Waals surface area contributed by atoms with E-state index in [1.54, 1.807) is 35.2 Å². The maximum absolute atomic E-state index is 14.2. The van der Waals surface area contributed by atoms with E-state index in [4.69, 9.17) is 29.8 Å². The number of methoxy groups -OCH3 is 1. The molecule has 0 fully saturated rings. The first kappa shape index (κ1) is 37.8. The van der Waals surface area contributed by atoms with Crippen LogP contribution in [0.2, 0.25) is 0 Å². The van der Waals surface area contributed by atoms with Gasteiger partial charge in [-0.15, -0.1) is 10.2 Å². The fourth-order valence-corrected chi connectivity index (χ4v) is 5.65. The number of amides is 1. The molecule has 18 nitrogen and oxygen atoms in total. The number of nitrogen functional groups attached to an aromatic ring is 2. The van der Waals surface area contributed by atoms with Crippen molar-refractivity contribution in [2.75, 3.05) is 18.6 Å². The summed E-state index contributed by atoms with van der Waals surface area (Å²) in [5.41, 5.74) is 15.1. The largest absolute Gasteiger partial charge is 0.497 e. The lowest BCUT2D eigenvalue weighted by Gasteiger charge is -2.20. The van der Waals surface area contributed by atoms with Crippen molar-refractivity contribution in [3.05, 3.63) is 102 Å². The number of hydrogen-bond acceptors (Lipinski definition) is 15. The van der Waals surface area contributed by atoms with E-state index in [2.05, 4.69) is 45.9 Å². The standard InChI is InChI=1S/C21H23N7O3.C16H12F2N6O2/c1-21(2,3)31-20(29)23-11-13-7-4-5-8-14(13)12-28-18-17(26-27-28)16(24-19(22)25-18)15-9-6-10-30-15;1-25-8-5-10(17)9(11(18)6-8)7-24-15-14(22-23-24)13(20-16(19)21-15)12-3-2-4-26-12/h4-10H,11-12H2,1-3H3,(H,23,29)(H2,22,24,25);2-6H,7H2,1H3,(H2,19,20,21). The molecular weight excluding hydrogens is 744 g/mol. The predicted octanol–water partition coefficient (Wildman–Crippen LogP) is 5.54. The Labute approximate surface area is 321 Å². The number of fused-ring (bicyclic) bond motifs is 2. The second kappa shape index (κ2) is 15.7. The van der Waals surface area contributed by atoms with E-state index in [1.807, 2.05) is 45.0 Å². The van der Waals surface area contributed by atoms with Gasteiger partial charge in [-0.3, -0.25) is 0 Å². The van der Waals surface area contributed by atoms with Crippen LogP contribution in [0.15, 0.2) is 82.0 Å². The summed E-state index contributed by atoms with van der Waals surface area (Å²) in [5, 5.41) is 19.2. The molecule has 292 valence electrons. The van der Waals surface area contributed by atoms with Crippen molar-refractivity contribution in [3.63, 3.8) is 0 Å². The minimum absolute atomic E-state index is 0.0388. The van der Waals surface area contributed by atoms with Crippen LogP contribution in [0.25, 0.3) is 45.2 Å². The van der Waals surface area contributed by atoms with Crippen molar-refractivity contribution >= 4 is 40.3 Å². The Morgan fingerprint density at radius 3 is 1.79 bits per heavy atom. The van der Waals surface area contributed by atoms with Crippen LogP contribution in [0.3, 0.4) is 0 Å². The Kier molecular flexibility index (Phi) is 10.4. The minimum Gasteiger partial charge on any atom is -0.497 e. The van der Waals surface area contributed by atoms with Gasteiger partial charge >= 0.3 is 6.09 Å². The molecule has 0 spiro atoms. The predicted molar refractivity (Wildman–Crippen MR) is 201 cm³/mol. The molecule has 1 amide bonds. The van der Waals surface area contributed by atoms with Crippen molar-refractivity contribution in [2.24, 2.45) is 0 Å². The number of carbonyl (C=O) groups excluding carboxylic acids is 1. The van der Waals surface area contributed by atoms with Crippen molar-refractivity contribution in [1.29, 1.82) is 0 Å². The summed E-state index contributed by atoms with van der Waals surface area (Å²) in [6.07, 6.45) is 2.56. The second-order valence-corrected chi connectivity index (χ2v) is 13.3. The summed E-state index contributed by atoms with van der Waals surface area (Å²) in [6, 6.07) is 16.8. The lowest BCUT2D eigenvalue weighted by molar-refractivity contribution is 0.0523. The second-order valence-electron chi connectivity index (χ2n) is 13.3. The summed E-state index contributed by atoms with van der Waals surface area (Å²) in [4.78, 5) is 28.8. The molecule has 57 heavy (non-hydrogen) atoms. The Balaban J connectivity index is 0.000000177. The maximum atomic E-state index is 14.2. The lowest BCUT2D eigenvalue weighted by atomic mass is 10.1. The van der Waals surface area contributed by atoms with Crippen LogP contribution >= 0.6 is 0 Å². The monoisotopic (exact) mass is 779 g/mol. The Hall–Kier alpha value is -7.51. The molecule has 5 N–H and O–H groups in total. The molecule has 0 aliphatic rings. The molecule has 0 radical (unpaired) electrons. The summed E-state index contributed by atoms with van der Waals surface area (Å²) in [6.45, 7) is 5.93. The summed E-state index contributed by atoms with van der Waals surface area (Å²) < 4.78 is 52.2. The number of anilines is 2. The zero-order valence-corrected chi connectivity index (χ0v) is 31.0. The molecule has 20 heteroatoms.